The highest BCUT2D eigenvalue weighted by atomic mass is 79.9. The maximum atomic E-state index is 9.66. The number of halogens is 1. The molecule has 3 rings (SSSR count). The van der Waals surface area contributed by atoms with Gasteiger partial charge in [0.2, 0.25) is 0 Å². The van der Waals surface area contributed by atoms with E-state index in [1.807, 2.05) is 26.0 Å². The Kier molecular flexibility index (Phi) is 5.13. The van der Waals surface area contributed by atoms with Crippen molar-refractivity contribution in [1.29, 1.82) is 10.5 Å². The Morgan fingerprint density at radius 1 is 1.11 bits per heavy atom. The second-order valence-corrected chi connectivity index (χ2v) is 7.09. The van der Waals surface area contributed by atoms with Gasteiger partial charge in [0.05, 0.1) is 35.5 Å². The topological polar surface area (TPSA) is 105 Å². The zero-order chi connectivity index (χ0) is 20.6. The Morgan fingerprint density at radius 2 is 1.79 bits per heavy atom. The van der Waals surface area contributed by atoms with Crippen LogP contribution in [0, 0.1) is 29.6 Å². The summed E-state index contributed by atoms with van der Waals surface area (Å²) in [6.07, 6.45) is 1.92. The minimum absolute atomic E-state index is 0.130. The van der Waals surface area contributed by atoms with E-state index in [9.17, 15) is 10.5 Å². The number of rotatable bonds is 3. The quantitative estimate of drug-likeness (QED) is 0.760. The molecule has 2 N–H and O–H groups in total. The number of anilines is 1. The number of pyridine rings is 1. The van der Waals surface area contributed by atoms with E-state index in [4.69, 9.17) is 15.2 Å². The average Bonchev–Trinajstić information content (AvgIpc) is 2.93. The van der Waals surface area contributed by atoms with E-state index in [2.05, 4.69) is 33.1 Å². The predicted octanol–water partition coefficient (Wildman–Crippen LogP) is 4.47. The summed E-state index contributed by atoms with van der Waals surface area (Å²) in [4.78, 5) is 4.34. The summed E-state index contributed by atoms with van der Waals surface area (Å²) < 4.78 is 11.6. The number of fused-ring (bicyclic) bond motifs is 1. The van der Waals surface area contributed by atoms with Crippen LogP contribution in [-0.4, -0.2) is 19.2 Å². The molecule has 1 aromatic heterocycles. The molecule has 0 atom stereocenters. The highest BCUT2D eigenvalue weighted by molar-refractivity contribution is 9.10. The lowest BCUT2D eigenvalue weighted by atomic mass is 9.95. The molecule has 0 spiro atoms. The molecule has 1 aromatic carbocycles. The molecule has 0 amide bonds. The Hall–Kier alpha value is -3.29. The van der Waals surface area contributed by atoms with Gasteiger partial charge in [0.25, 0.3) is 0 Å². The summed E-state index contributed by atoms with van der Waals surface area (Å²) in [7, 11) is 3.16. The number of hydrogen-bond donors (Lipinski definition) is 1. The number of aromatic nitrogens is 1. The highest BCUT2D eigenvalue weighted by Gasteiger charge is 2.30. The fourth-order valence-electron chi connectivity index (χ4n) is 3.35. The molecule has 0 unspecified atom stereocenters. The molecule has 2 aromatic rings. The zero-order valence-corrected chi connectivity index (χ0v) is 17.4. The molecule has 0 aliphatic heterocycles. The molecule has 0 bridgehead atoms. The second-order valence-electron chi connectivity index (χ2n) is 6.23. The van der Waals surface area contributed by atoms with Crippen molar-refractivity contribution in [2.45, 2.75) is 13.8 Å². The molecule has 0 radical (unpaired) electrons. The van der Waals surface area contributed by atoms with Crippen LogP contribution in [0.3, 0.4) is 0 Å². The molecule has 0 saturated carbocycles. The number of allylic oxidation sites excluding steroid dienone is 3. The van der Waals surface area contributed by atoms with Crippen LogP contribution in [0.1, 0.15) is 34.9 Å². The third-order valence-corrected chi connectivity index (χ3v) is 5.41. The number of nitrogens with zero attached hydrogens (tertiary/aromatic N) is 3. The maximum absolute atomic E-state index is 9.66. The largest absolute Gasteiger partial charge is 0.496 e. The van der Waals surface area contributed by atoms with Crippen molar-refractivity contribution in [2.24, 2.45) is 0 Å². The number of nitrogens with two attached hydrogens (primary N) is 1. The third-order valence-electron chi connectivity index (χ3n) is 4.79. The molecular formula is C21H17BrN4O2. The van der Waals surface area contributed by atoms with Gasteiger partial charge in [-0.25, -0.2) is 4.98 Å². The number of ether oxygens (including phenoxy) is 2. The van der Waals surface area contributed by atoms with Crippen molar-refractivity contribution < 1.29 is 9.47 Å². The SMILES string of the molecule is COc1cc(OC)c(/C=C2/C(C)=C(C#N)c3nc(N)c(C#N)c(C)c32)cc1Br. The second kappa shape index (κ2) is 7.38. The normalized spacial score (nSPS) is 13.9. The number of nitriles is 2. The van der Waals surface area contributed by atoms with Gasteiger partial charge in [-0.3, -0.25) is 0 Å². The van der Waals surface area contributed by atoms with E-state index in [0.29, 0.717) is 33.9 Å². The minimum atomic E-state index is 0.130. The van der Waals surface area contributed by atoms with Crippen LogP contribution in [0.5, 0.6) is 11.5 Å². The number of methoxy groups -OCH3 is 2. The molecule has 1 aliphatic rings. The monoisotopic (exact) mass is 436 g/mol. The van der Waals surface area contributed by atoms with Crippen molar-refractivity contribution in [2.75, 3.05) is 20.0 Å². The first kappa shape index (κ1) is 19.5. The van der Waals surface area contributed by atoms with E-state index in [0.717, 1.165) is 26.7 Å². The van der Waals surface area contributed by atoms with Crippen LogP contribution < -0.4 is 15.2 Å². The van der Waals surface area contributed by atoms with Gasteiger partial charge in [-0.15, -0.1) is 0 Å². The first-order chi connectivity index (χ1) is 13.4. The summed E-state index contributed by atoms with van der Waals surface area (Å²) >= 11 is 3.49. The summed E-state index contributed by atoms with van der Waals surface area (Å²) in [6, 6.07) is 7.99. The Bertz CT molecular complexity index is 1150. The Balaban J connectivity index is 2.34. The Morgan fingerprint density at radius 3 is 2.36 bits per heavy atom. The summed E-state index contributed by atoms with van der Waals surface area (Å²) in [5.41, 5.74) is 11.0. The van der Waals surface area contributed by atoms with E-state index >= 15 is 0 Å². The van der Waals surface area contributed by atoms with Crippen molar-refractivity contribution >= 4 is 39.0 Å². The molecule has 6 nitrogen and oxygen atoms in total. The molecule has 1 heterocycles. The minimum Gasteiger partial charge on any atom is -0.496 e. The first-order valence-electron chi connectivity index (χ1n) is 8.33. The van der Waals surface area contributed by atoms with Crippen LogP contribution in [0.25, 0.3) is 17.2 Å². The van der Waals surface area contributed by atoms with Gasteiger partial charge in [-0.1, -0.05) is 0 Å². The van der Waals surface area contributed by atoms with Crippen molar-refractivity contribution in [1.82, 2.24) is 4.98 Å². The smallest absolute Gasteiger partial charge is 0.142 e. The highest BCUT2D eigenvalue weighted by Crippen LogP contribution is 2.45. The van der Waals surface area contributed by atoms with Gasteiger partial charge >= 0.3 is 0 Å². The fraction of sp³-hybridized carbons (Fsp3) is 0.190. The maximum Gasteiger partial charge on any atom is 0.142 e. The lowest BCUT2D eigenvalue weighted by Crippen LogP contribution is -2.03. The summed E-state index contributed by atoms with van der Waals surface area (Å²) in [5, 5.41) is 19.1. The van der Waals surface area contributed by atoms with Crippen LogP contribution in [0.4, 0.5) is 5.82 Å². The standard InChI is InChI=1S/C21H17BrN4O2/c1-10-13(5-12-6-16(22)18(28-4)7-17(12)27-3)19-11(2)15(9-24)21(25)26-20(19)14(10)8-23/h5-7H,1-4H3,(H2,25,26)/b13-5-. The lowest BCUT2D eigenvalue weighted by Gasteiger charge is -2.13. The van der Waals surface area contributed by atoms with Crippen LogP contribution in [0.15, 0.2) is 22.2 Å². The van der Waals surface area contributed by atoms with Gasteiger partial charge in [0, 0.05) is 17.2 Å². The number of hydrogen-bond acceptors (Lipinski definition) is 6. The number of nitrogen functional groups attached to an aromatic ring is 1. The molecule has 0 saturated heterocycles. The molecular weight excluding hydrogens is 420 g/mol. The van der Waals surface area contributed by atoms with Crippen LogP contribution in [-0.2, 0) is 0 Å². The van der Waals surface area contributed by atoms with Gasteiger partial charge in [0.1, 0.15) is 29.5 Å². The average molecular weight is 437 g/mol. The van der Waals surface area contributed by atoms with Crippen molar-refractivity contribution in [3.63, 3.8) is 0 Å². The summed E-state index contributed by atoms with van der Waals surface area (Å²) in [5.74, 6) is 1.40. The van der Waals surface area contributed by atoms with E-state index in [1.165, 1.54) is 0 Å². The van der Waals surface area contributed by atoms with Gasteiger partial charge in [-0.05, 0) is 58.6 Å². The molecule has 7 heteroatoms. The number of benzene rings is 1. The van der Waals surface area contributed by atoms with Crippen LogP contribution in [0.2, 0.25) is 0 Å². The van der Waals surface area contributed by atoms with Gasteiger partial charge in [0.15, 0.2) is 0 Å². The van der Waals surface area contributed by atoms with Crippen LogP contribution >= 0.6 is 15.9 Å². The van der Waals surface area contributed by atoms with Crippen molar-refractivity contribution in [3.05, 3.63) is 50.1 Å². The fourth-order valence-corrected chi connectivity index (χ4v) is 3.87. The van der Waals surface area contributed by atoms with E-state index in [-0.39, 0.29) is 5.82 Å². The predicted molar refractivity (Wildman–Crippen MR) is 111 cm³/mol. The molecule has 28 heavy (non-hydrogen) atoms. The first-order valence-corrected chi connectivity index (χ1v) is 9.12. The lowest BCUT2D eigenvalue weighted by molar-refractivity contribution is 0.392. The molecule has 140 valence electrons. The zero-order valence-electron chi connectivity index (χ0n) is 15.8. The van der Waals surface area contributed by atoms with Gasteiger partial charge in [-0.2, -0.15) is 10.5 Å². The Labute approximate surface area is 171 Å². The van der Waals surface area contributed by atoms with E-state index in [1.54, 1.807) is 20.3 Å². The van der Waals surface area contributed by atoms with E-state index < -0.39 is 0 Å². The third kappa shape index (κ3) is 2.90. The summed E-state index contributed by atoms with van der Waals surface area (Å²) in [6.45, 7) is 3.68. The molecule has 0 fully saturated rings. The van der Waals surface area contributed by atoms with Gasteiger partial charge < -0.3 is 15.2 Å². The molecule has 1 aliphatic carbocycles. The van der Waals surface area contributed by atoms with Crippen molar-refractivity contribution in [3.8, 4) is 23.6 Å².